The number of aromatic nitrogens is 3. The minimum Gasteiger partial charge on any atom is -0.492 e. The van der Waals surface area contributed by atoms with Crippen LogP contribution >= 0.6 is 0 Å². The molecule has 0 fully saturated rings. The second-order valence-electron chi connectivity index (χ2n) is 5.08. The molecule has 2 N–H and O–H groups in total. The highest BCUT2D eigenvalue weighted by Crippen LogP contribution is 2.19. The first-order valence-electron chi connectivity index (χ1n) is 7.17. The molecule has 0 radical (unpaired) electrons. The standard InChI is InChI=1S/C17H18N4O/c1-13-11-15(7-8-16(13)18)22-10-9-21-17(12-19-20-21)14-5-3-2-4-6-14/h2-8,11-12H,9-10,18H2,1H3. The number of anilines is 1. The molecule has 22 heavy (non-hydrogen) atoms. The van der Waals surface area contributed by atoms with Gasteiger partial charge in [-0.25, -0.2) is 4.68 Å². The fraction of sp³-hybridized carbons (Fsp3) is 0.176. The molecule has 0 saturated carbocycles. The first-order valence-corrected chi connectivity index (χ1v) is 7.17. The van der Waals surface area contributed by atoms with Gasteiger partial charge in [-0.2, -0.15) is 0 Å². The summed E-state index contributed by atoms with van der Waals surface area (Å²) in [6.45, 7) is 3.12. The van der Waals surface area contributed by atoms with Crippen LogP contribution in [0.3, 0.4) is 0 Å². The number of hydrogen-bond donors (Lipinski definition) is 1. The lowest BCUT2D eigenvalue weighted by atomic mass is 10.2. The molecule has 0 bridgehead atoms. The Balaban J connectivity index is 1.65. The molecule has 3 rings (SSSR count). The second-order valence-corrected chi connectivity index (χ2v) is 5.08. The van der Waals surface area contributed by atoms with Crippen LogP contribution in [0.1, 0.15) is 5.56 Å². The van der Waals surface area contributed by atoms with Crippen LogP contribution in [-0.4, -0.2) is 21.6 Å². The topological polar surface area (TPSA) is 66.0 Å². The van der Waals surface area contributed by atoms with E-state index in [-0.39, 0.29) is 0 Å². The van der Waals surface area contributed by atoms with Crippen LogP contribution in [0.25, 0.3) is 11.3 Å². The van der Waals surface area contributed by atoms with Crippen LogP contribution < -0.4 is 10.5 Å². The van der Waals surface area contributed by atoms with Crippen molar-refractivity contribution < 1.29 is 4.74 Å². The van der Waals surface area contributed by atoms with Crippen molar-refractivity contribution in [2.45, 2.75) is 13.5 Å². The van der Waals surface area contributed by atoms with Gasteiger partial charge in [-0.1, -0.05) is 35.5 Å². The lowest BCUT2D eigenvalue weighted by molar-refractivity contribution is 0.290. The van der Waals surface area contributed by atoms with Gasteiger partial charge in [-0.05, 0) is 30.7 Å². The molecule has 112 valence electrons. The van der Waals surface area contributed by atoms with E-state index in [0.717, 1.165) is 28.3 Å². The summed E-state index contributed by atoms with van der Waals surface area (Å²) in [6.07, 6.45) is 1.77. The van der Waals surface area contributed by atoms with Crippen LogP contribution in [0.15, 0.2) is 54.7 Å². The van der Waals surface area contributed by atoms with Crippen LogP contribution in [0, 0.1) is 6.92 Å². The van der Waals surface area contributed by atoms with Gasteiger partial charge in [0.15, 0.2) is 0 Å². The summed E-state index contributed by atoms with van der Waals surface area (Å²) < 4.78 is 7.61. The fourth-order valence-electron chi connectivity index (χ4n) is 2.24. The van der Waals surface area contributed by atoms with E-state index in [1.54, 1.807) is 6.20 Å². The Hall–Kier alpha value is -2.82. The Morgan fingerprint density at radius 1 is 1.14 bits per heavy atom. The molecule has 0 spiro atoms. The van der Waals surface area contributed by atoms with Crippen LogP contribution in [0.5, 0.6) is 5.75 Å². The molecule has 0 atom stereocenters. The van der Waals surface area contributed by atoms with E-state index in [4.69, 9.17) is 10.5 Å². The fourth-order valence-corrected chi connectivity index (χ4v) is 2.24. The Bertz CT molecular complexity index is 752. The molecule has 1 aromatic heterocycles. The van der Waals surface area contributed by atoms with Crippen LogP contribution in [0.4, 0.5) is 5.69 Å². The van der Waals surface area contributed by atoms with E-state index in [1.807, 2.05) is 60.1 Å². The van der Waals surface area contributed by atoms with E-state index in [9.17, 15) is 0 Å². The maximum Gasteiger partial charge on any atom is 0.119 e. The van der Waals surface area contributed by atoms with Gasteiger partial charge in [0.2, 0.25) is 0 Å². The van der Waals surface area contributed by atoms with Gasteiger partial charge < -0.3 is 10.5 Å². The highest BCUT2D eigenvalue weighted by atomic mass is 16.5. The first kappa shape index (κ1) is 14.1. The number of nitrogen functional groups attached to an aromatic ring is 1. The average molecular weight is 294 g/mol. The summed E-state index contributed by atoms with van der Waals surface area (Å²) in [5.74, 6) is 0.813. The van der Waals surface area contributed by atoms with Gasteiger partial charge >= 0.3 is 0 Å². The van der Waals surface area contributed by atoms with Gasteiger partial charge in [0.25, 0.3) is 0 Å². The summed E-state index contributed by atoms with van der Waals surface area (Å²) in [4.78, 5) is 0. The van der Waals surface area contributed by atoms with Gasteiger partial charge in [0.1, 0.15) is 12.4 Å². The largest absolute Gasteiger partial charge is 0.492 e. The van der Waals surface area contributed by atoms with Gasteiger partial charge in [-0.15, -0.1) is 5.10 Å². The van der Waals surface area contributed by atoms with Crippen molar-refractivity contribution in [1.29, 1.82) is 0 Å². The number of nitrogens with zero attached hydrogens (tertiary/aromatic N) is 3. The van der Waals surface area contributed by atoms with E-state index in [0.29, 0.717) is 13.2 Å². The maximum absolute atomic E-state index is 5.80. The third-order valence-corrected chi connectivity index (χ3v) is 3.50. The predicted octanol–water partition coefficient (Wildman–Crippen LogP) is 2.91. The molecule has 3 aromatic rings. The lowest BCUT2D eigenvalue weighted by Gasteiger charge is -2.09. The van der Waals surface area contributed by atoms with E-state index < -0.39 is 0 Å². The van der Waals surface area contributed by atoms with Crippen molar-refractivity contribution in [2.75, 3.05) is 12.3 Å². The maximum atomic E-state index is 5.80. The zero-order chi connectivity index (χ0) is 15.4. The Kier molecular flexibility index (Phi) is 4.05. The SMILES string of the molecule is Cc1cc(OCCn2nncc2-c2ccccc2)ccc1N. The Morgan fingerprint density at radius 2 is 1.95 bits per heavy atom. The number of aryl methyl sites for hydroxylation is 1. The third kappa shape index (κ3) is 3.09. The predicted molar refractivity (Wildman–Crippen MR) is 86.5 cm³/mol. The number of benzene rings is 2. The summed E-state index contributed by atoms with van der Waals surface area (Å²) in [5.41, 5.74) is 9.67. The van der Waals surface area contributed by atoms with E-state index in [2.05, 4.69) is 10.3 Å². The summed E-state index contributed by atoms with van der Waals surface area (Å²) >= 11 is 0. The first-order chi connectivity index (χ1) is 10.7. The van der Waals surface area contributed by atoms with Crippen LogP contribution in [0.2, 0.25) is 0 Å². The summed E-state index contributed by atoms with van der Waals surface area (Å²) in [5, 5.41) is 8.11. The molecule has 0 aliphatic carbocycles. The molecule has 5 nitrogen and oxygen atoms in total. The quantitative estimate of drug-likeness (QED) is 0.735. The normalized spacial score (nSPS) is 10.6. The van der Waals surface area contributed by atoms with Crippen molar-refractivity contribution in [3.8, 4) is 17.0 Å². The molecule has 1 heterocycles. The van der Waals surface area contributed by atoms with Crippen molar-refractivity contribution in [2.24, 2.45) is 0 Å². The second kappa shape index (κ2) is 6.30. The number of rotatable bonds is 5. The minimum absolute atomic E-state index is 0.520. The zero-order valence-electron chi connectivity index (χ0n) is 12.4. The summed E-state index contributed by atoms with van der Waals surface area (Å²) in [7, 11) is 0. The monoisotopic (exact) mass is 294 g/mol. The molecule has 0 unspecified atom stereocenters. The van der Waals surface area contributed by atoms with Crippen molar-refractivity contribution in [3.05, 3.63) is 60.3 Å². The van der Waals surface area contributed by atoms with E-state index >= 15 is 0 Å². The van der Waals surface area contributed by atoms with Crippen molar-refractivity contribution in [3.63, 3.8) is 0 Å². The van der Waals surface area contributed by atoms with E-state index in [1.165, 1.54) is 0 Å². The molecular weight excluding hydrogens is 276 g/mol. The lowest BCUT2D eigenvalue weighted by Crippen LogP contribution is -2.11. The van der Waals surface area contributed by atoms with Crippen molar-refractivity contribution in [1.82, 2.24) is 15.0 Å². The third-order valence-electron chi connectivity index (χ3n) is 3.50. The average Bonchev–Trinajstić information content (AvgIpc) is 3.00. The highest BCUT2D eigenvalue weighted by molar-refractivity contribution is 5.57. The van der Waals surface area contributed by atoms with Gasteiger partial charge in [-0.3, -0.25) is 0 Å². The molecule has 0 amide bonds. The minimum atomic E-state index is 0.520. The summed E-state index contributed by atoms with van der Waals surface area (Å²) in [6, 6.07) is 15.7. The van der Waals surface area contributed by atoms with Gasteiger partial charge in [0, 0.05) is 11.3 Å². The molecule has 0 aliphatic heterocycles. The van der Waals surface area contributed by atoms with Crippen molar-refractivity contribution >= 4 is 5.69 Å². The number of hydrogen-bond acceptors (Lipinski definition) is 4. The zero-order valence-corrected chi connectivity index (χ0v) is 12.4. The molecule has 5 heteroatoms. The molecular formula is C17H18N4O. The molecule has 0 saturated heterocycles. The number of nitrogens with two attached hydrogens (primary N) is 1. The molecule has 0 aliphatic rings. The molecule has 2 aromatic carbocycles. The number of ether oxygens (including phenoxy) is 1. The Labute approximate surface area is 129 Å². The van der Waals surface area contributed by atoms with Gasteiger partial charge in [0.05, 0.1) is 18.4 Å². The Morgan fingerprint density at radius 3 is 2.73 bits per heavy atom. The van der Waals surface area contributed by atoms with Crippen LogP contribution in [-0.2, 0) is 6.54 Å². The smallest absolute Gasteiger partial charge is 0.119 e. The highest BCUT2D eigenvalue weighted by Gasteiger charge is 2.06.